The molecule has 1 atom stereocenters. The Morgan fingerprint density at radius 1 is 1.28 bits per heavy atom. The van der Waals surface area contributed by atoms with Crippen LogP contribution in [0.5, 0.6) is 5.75 Å². The Bertz CT molecular complexity index is 388. The first kappa shape index (κ1) is 13.7. The quantitative estimate of drug-likeness (QED) is 0.586. The van der Waals surface area contributed by atoms with E-state index in [1.165, 1.54) is 0 Å². The van der Waals surface area contributed by atoms with Crippen molar-refractivity contribution in [2.45, 2.75) is 39.2 Å². The van der Waals surface area contributed by atoms with Crippen LogP contribution < -0.4 is 4.74 Å². The molecule has 2 rings (SSSR count). The molecule has 0 amide bonds. The standard InChI is InChI=1S/C15H21ClO2/c1-14(2,3)15(11-18-15)9-4-10-17-13-7-5-12(16)6-8-13/h5-8H,4,9-11H2,1-3H3. The van der Waals surface area contributed by atoms with Crippen LogP contribution in [0.2, 0.25) is 5.02 Å². The molecule has 1 aromatic carbocycles. The summed E-state index contributed by atoms with van der Waals surface area (Å²) in [4.78, 5) is 0. The van der Waals surface area contributed by atoms with Crippen molar-refractivity contribution in [1.29, 1.82) is 0 Å². The van der Waals surface area contributed by atoms with Crippen molar-refractivity contribution in [3.05, 3.63) is 29.3 Å². The van der Waals surface area contributed by atoms with Gasteiger partial charge in [0.15, 0.2) is 0 Å². The minimum absolute atomic E-state index is 0.0797. The zero-order valence-electron chi connectivity index (χ0n) is 11.3. The molecule has 18 heavy (non-hydrogen) atoms. The van der Waals surface area contributed by atoms with E-state index in [1.807, 2.05) is 24.3 Å². The molecule has 1 aromatic rings. The van der Waals surface area contributed by atoms with E-state index in [1.54, 1.807) is 0 Å². The van der Waals surface area contributed by atoms with Gasteiger partial charge in [0.1, 0.15) is 5.75 Å². The molecule has 100 valence electrons. The van der Waals surface area contributed by atoms with E-state index in [0.29, 0.717) is 0 Å². The molecule has 0 spiro atoms. The van der Waals surface area contributed by atoms with Crippen LogP contribution in [-0.4, -0.2) is 18.8 Å². The molecular formula is C15H21ClO2. The Labute approximate surface area is 114 Å². The molecule has 0 N–H and O–H groups in total. The van der Waals surface area contributed by atoms with E-state index in [-0.39, 0.29) is 11.0 Å². The van der Waals surface area contributed by atoms with E-state index < -0.39 is 0 Å². The second-order valence-corrected chi connectivity index (χ2v) is 6.38. The number of halogens is 1. The fraction of sp³-hybridized carbons (Fsp3) is 0.600. The molecule has 1 aliphatic rings. The predicted octanol–water partition coefficient (Wildman–Crippen LogP) is 4.31. The van der Waals surface area contributed by atoms with Crippen molar-refractivity contribution in [3.63, 3.8) is 0 Å². The molecule has 0 bridgehead atoms. The summed E-state index contributed by atoms with van der Waals surface area (Å²) in [5.74, 6) is 0.876. The molecule has 0 radical (unpaired) electrons. The van der Waals surface area contributed by atoms with Gasteiger partial charge >= 0.3 is 0 Å². The van der Waals surface area contributed by atoms with Gasteiger partial charge in [-0.15, -0.1) is 0 Å². The lowest BCUT2D eigenvalue weighted by Crippen LogP contribution is -2.30. The molecule has 3 heteroatoms. The topological polar surface area (TPSA) is 21.8 Å². The van der Waals surface area contributed by atoms with Gasteiger partial charge in [0.2, 0.25) is 0 Å². The van der Waals surface area contributed by atoms with Crippen molar-refractivity contribution in [1.82, 2.24) is 0 Å². The van der Waals surface area contributed by atoms with Crippen molar-refractivity contribution in [3.8, 4) is 5.75 Å². The fourth-order valence-corrected chi connectivity index (χ4v) is 2.24. The van der Waals surface area contributed by atoms with E-state index in [0.717, 1.165) is 36.8 Å². The summed E-state index contributed by atoms with van der Waals surface area (Å²) in [6, 6.07) is 7.49. The third-order valence-corrected chi connectivity index (χ3v) is 3.92. The van der Waals surface area contributed by atoms with Crippen LogP contribution in [0.1, 0.15) is 33.6 Å². The number of hydrogen-bond donors (Lipinski definition) is 0. The molecule has 1 unspecified atom stereocenters. The second-order valence-electron chi connectivity index (χ2n) is 5.94. The Morgan fingerprint density at radius 2 is 1.89 bits per heavy atom. The first-order valence-corrected chi connectivity index (χ1v) is 6.83. The average molecular weight is 269 g/mol. The van der Waals surface area contributed by atoms with Crippen LogP contribution in [0.15, 0.2) is 24.3 Å². The Morgan fingerprint density at radius 3 is 2.39 bits per heavy atom. The molecule has 1 heterocycles. The molecule has 1 fully saturated rings. The monoisotopic (exact) mass is 268 g/mol. The summed E-state index contributed by atoms with van der Waals surface area (Å²) in [5.41, 5.74) is 0.295. The highest BCUT2D eigenvalue weighted by Gasteiger charge is 2.53. The summed E-state index contributed by atoms with van der Waals surface area (Å²) in [7, 11) is 0. The highest BCUT2D eigenvalue weighted by molar-refractivity contribution is 6.30. The van der Waals surface area contributed by atoms with Crippen molar-refractivity contribution < 1.29 is 9.47 Å². The van der Waals surface area contributed by atoms with Gasteiger partial charge < -0.3 is 9.47 Å². The molecule has 2 nitrogen and oxygen atoms in total. The summed E-state index contributed by atoms with van der Waals surface area (Å²) in [6.07, 6.45) is 2.07. The zero-order valence-corrected chi connectivity index (χ0v) is 12.1. The third kappa shape index (κ3) is 3.18. The van der Waals surface area contributed by atoms with Gasteiger partial charge in [-0.2, -0.15) is 0 Å². The lowest BCUT2D eigenvalue weighted by Gasteiger charge is -2.27. The molecule has 1 aliphatic heterocycles. The number of rotatable bonds is 5. The van der Waals surface area contributed by atoms with Gasteiger partial charge in [-0.05, 0) is 42.5 Å². The van der Waals surface area contributed by atoms with Gasteiger partial charge in [-0.3, -0.25) is 0 Å². The van der Waals surface area contributed by atoms with Crippen molar-refractivity contribution in [2.24, 2.45) is 5.41 Å². The predicted molar refractivity (Wildman–Crippen MR) is 74.3 cm³/mol. The maximum absolute atomic E-state index is 5.82. The number of benzene rings is 1. The summed E-state index contributed by atoms with van der Waals surface area (Å²) in [5, 5.41) is 0.736. The molecule has 1 saturated heterocycles. The highest BCUT2D eigenvalue weighted by atomic mass is 35.5. The molecule has 0 aromatic heterocycles. The SMILES string of the molecule is CC(C)(C)C1(CCCOc2ccc(Cl)cc2)CO1. The van der Waals surface area contributed by atoms with E-state index in [9.17, 15) is 0 Å². The average Bonchev–Trinajstić information content (AvgIpc) is 3.07. The Kier molecular flexibility index (Phi) is 3.88. The van der Waals surface area contributed by atoms with Crippen LogP contribution in [0.25, 0.3) is 0 Å². The van der Waals surface area contributed by atoms with Crippen LogP contribution in [-0.2, 0) is 4.74 Å². The van der Waals surface area contributed by atoms with E-state index >= 15 is 0 Å². The van der Waals surface area contributed by atoms with E-state index in [2.05, 4.69) is 20.8 Å². The maximum atomic E-state index is 5.82. The Hall–Kier alpha value is -0.730. The van der Waals surface area contributed by atoms with Gasteiger partial charge in [0.05, 0.1) is 18.8 Å². The van der Waals surface area contributed by atoms with Crippen LogP contribution >= 0.6 is 11.6 Å². The normalized spacial score (nSPS) is 22.9. The van der Waals surface area contributed by atoms with Gasteiger partial charge in [0, 0.05) is 5.02 Å². The minimum Gasteiger partial charge on any atom is -0.494 e. The Balaban J connectivity index is 1.72. The molecule has 0 aliphatic carbocycles. The minimum atomic E-state index is 0.0797. The first-order chi connectivity index (χ1) is 8.43. The van der Waals surface area contributed by atoms with Crippen LogP contribution in [0.3, 0.4) is 0 Å². The van der Waals surface area contributed by atoms with Gasteiger partial charge in [0.25, 0.3) is 0 Å². The highest BCUT2D eigenvalue weighted by Crippen LogP contribution is 2.47. The molecular weight excluding hydrogens is 248 g/mol. The first-order valence-electron chi connectivity index (χ1n) is 6.45. The number of epoxide rings is 1. The zero-order chi connectivity index (χ0) is 13.2. The summed E-state index contributed by atoms with van der Waals surface area (Å²) >= 11 is 5.82. The second kappa shape index (κ2) is 5.10. The summed E-state index contributed by atoms with van der Waals surface area (Å²) in [6.45, 7) is 8.32. The van der Waals surface area contributed by atoms with Crippen molar-refractivity contribution in [2.75, 3.05) is 13.2 Å². The molecule has 0 saturated carbocycles. The lowest BCUT2D eigenvalue weighted by molar-refractivity contribution is 0.135. The maximum Gasteiger partial charge on any atom is 0.119 e. The summed E-state index contributed by atoms with van der Waals surface area (Å²) < 4.78 is 11.3. The van der Waals surface area contributed by atoms with Crippen LogP contribution in [0.4, 0.5) is 0 Å². The largest absolute Gasteiger partial charge is 0.494 e. The number of ether oxygens (including phenoxy) is 2. The smallest absolute Gasteiger partial charge is 0.119 e. The van der Waals surface area contributed by atoms with Gasteiger partial charge in [-0.1, -0.05) is 32.4 Å². The van der Waals surface area contributed by atoms with Gasteiger partial charge in [-0.25, -0.2) is 0 Å². The lowest BCUT2D eigenvalue weighted by atomic mass is 9.78. The number of hydrogen-bond acceptors (Lipinski definition) is 2. The van der Waals surface area contributed by atoms with E-state index in [4.69, 9.17) is 21.1 Å². The third-order valence-electron chi connectivity index (χ3n) is 3.67. The fourth-order valence-electron chi connectivity index (χ4n) is 2.12. The van der Waals surface area contributed by atoms with Crippen molar-refractivity contribution >= 4 is 11.6 Å². The van der Waals surface area contributed by atoms with Crippen LogP contribution in [0, 0.1) is 5.41 Å².